The van der Waals surface area contributed by atoms with Crippen LogP contribution in [-0.2, 0) is 19.6 Å². The number of carbonyl (C=O) groups excluding carboxylic acids is 1. The largest absolute Gasteiger partial charge is 0.379 e. The van der Waals surface area contributed by atoms with Crippen molar-refractivity contribution < 1.29 is 17.9 Å². The lowest BCUT2D eigenvalue weighted by Gasteiger charge is -2.32. The fraction of sp³-hybridized carbons (Fsp3) is 0.889. The molecular formula is C9H17NO4S. The molecule has 0 saturated carbocycles. The van der Waals surface area contributed by atoms with Gasteiger partial charge in [-0.2, -0.15) is 4.31 Å². The summed E-state index contributed by atoms with van der Waals surface area (Å²) < 4.78 is 29.3. The van der Waals surface area contributed by atoms with Crippen molar-refractivity contribution in [3.05, 3.63) is 0 Å². The first kappa shape index (κ1) is 12.6. The Hall–Kier alpha value is -0.460. The zero-order valence-corrected chi connectivity index (χ0v) is 10.1. The highest BCUT2D eigenvalue weighted by atomic mass is 32.2. The first-order valence-corrected chi connectivity index (χ1v) is 6.32. The van der Waals surface area contributed by atoms with Gasteiger partial charge in [-0.1, -0.05) is 0 Å². The Morgan fingerprint density at radius 2 is 1.73 bits per heavy atom. The Kier molecular flexibility index (Phi) is 3.52. The predicted octanol–water partition coefficient (Wildman–Crippen LogP) is 0.0160. The number of nitrogens with zero attached hydrogens (tertiary/aromatic N) is 1. The van der Waals surface area contributed by atoms with Crippen molar-refractivity contribution in [2.45, 2.75) is 25.5 Å². The van der Waals surface area contributed by atoms with E-state index in [1.165, 1.54) is 25.1 Å². The second-order valence-electron chi connectivity index (χ2n) is 4.08. The molecule has 0 radical (unpaired) electrons. The van der Waals surface area contributed by atoms with Crippen LogP contribution in [0, 0.1) is 0 Å². The molecule has 6 heteroatoms. The minimum absolute atomic E-state index is 0.332. The van der Waals surface area contributed by atoms with Gasteiger partial charge in [0.05, 0.1) is 13.2 Å². The van der Waals surface area contributed by atoms with Crippen molar-refractivity contribution >= 4 is 15.8 Å². The van der Waals surface area contributed by atoms with Gasteiger partial charge >= 0.3 is 0 Å². The fourth-order valence-electron chi connectivity index (χ4n) is 1.29. The molecule has 0 unspecified atom stereocenters. The highest BCUT2D eigenvalue weighted by Crippen LogP contribution is 2.22. The maximum Gasteiger partial charge on any atom is 0.226 e. The molecule has 1 aliphatic heterocycles. The summed E-state index contributed by atoms with van der Waals surface area (Å²) in [5.41, 5.74) is 0. The summed E-state index contributed by atoms with van der Waals surface area (Å²) in [5, 5.41) is 0. The van der Waals surface area contributed by atoms with Crippen molar-refractivity contribution in [1.82, 2.24) is 4.31 Å². The molecule has 0 aromatic rings. The van der Waals surface area contributed by atoms with Gasteiger partial charge in [0, 0.05) is 13.1 Å². The molecule has 1 rings (SSSR count). The van der Waals surface area contributed by atoms with E-state index >= 15 is 0 Å². The second-order valence-corrected chi connectivity index (χ2v) is 6.57. The molecule has 0 N–H and O–H groups in total. The first-order chi connectivity index (χ1) is 6.80. The molecule has 5 nitrogen and oxygen atoms in total. The molecule has 0 aromatic carbocycles. The first-order valence-electron chi connectivity index (χ1n) is 4.88. The van der Waals surface area contributed by atoms with E-state index in [4.69, 9.17) is 4.74 Å². The summed E-state index contributed by atoms with van der Waals surface area (Å²) in [6, 6.07) is 0. The molecule has 1 fully saturated rings. The number of ether oxygens (including phenoxy) is 1. The van der Waals surface area contributed by atoms with Crippen LogP contribution in [-0.4, -0.2) is 49.6 Å². The van der Waals surface area contributed by atoms with Gasteiger partial charge in [0.2, 0.25) is 10.0 Å². The summed E-state index contributed by atoms with van der Waals surface area (Å²) in [6.07, 6.45) is 0. The van der Waals surface area contributed by atoms with Crippen molar-refractivity contribution in [3.8, 4) is 0 Å². The number of hydrogen-bond acceptors (Lipinski definition) is 4. The minimum Gasteiger partial charge on any atom is -0.379 e. The number of morpholine rings is 1. The molecule has 15 heavy (non-hydrogen) atoms. The molecule has 1 aliphatic rings. The summed E-state index contributed by atoms with van der Waals surface area (Å²) in [5.74, 6) is -0.339. The zero-order valence-electron chi connectivity index (χ0n) is 9.32. The average Bonchev–Trinajstić information content (AvgIpc) is 2.18. The molecular weight excluding hydrogens is 218 g/mol. The van der Waals surface area contributed by atoms with Crippen LogP contribution < -0.4 is 0 Å². The molecule has 0 bridgehead atoms. The topological polar surface area (TPSA) is 63.7 Å². The zero-order chi connectivity index (χ0) is 11.7. The lowest BCUT2D eigenvalue weighted by atomic mass is 10.1. The second kappa shape index (κ2) is 4.19. The van der Waals surface area contributed by atoms with Gasteiger partial charge in [-0.05, 0) is 20.8 Å². The monoisotopic (exact) mass is 235 g/mol. The summed E-state index contributed by atoms with van der Waals surface area (Å²) in [7, 11) is -3.56. The predicted molar refractivity (Wildman–Crippen MR) is 56.1 cm³/mol. The van der Waals surface area contributed by atoms with E-state index in [2.05, 4.69) is 0 Å². The number of Topliss-reactive ketones (excluding diaryl/α,β-unsaturated/α-hetero) is 1. The Bertz CT molecular complexity index is 341. The highest BCUT2D eigenvalue weighted by molar-refractivity contribution is 7.91. The van der Waals surface area contributed by atoms with Crippen LogP contribution in [0.15, 0.2) is 0 Å². The van der Waals surface area contributed by atoms with Crippen LogP contribution in [0.3, 0.4) is 0 Å². The minimum atomic E-state index is -3.56. The normalized spacial score (nSPS) is 20.2. The van der Waals surface area contributed by atoms with Gasteiger partial charge in [-0.25, -0.2) is 8.42 Å². The summed E-state index contributed by atoms with van der Waals surface area (Å²) >= 11 is 0. The summed E-state index contributed by atoms with van der Waals surface area (Å²) in [6.45, 7) is 5.65. The molecule has 0 spiro atoms. The van der Waals surface area contributed by atoms with Crippen molar-refractivity contribution in [2.24, 2.45) is 0 Å². The number of carbonyl (C=O) groups is 1. The Morgan fingerprint density at radius 3 is 2.13 bits per heavy atom. The van der Waals surface area contributed by atoms with E-state index in [0.29, 0.717) is 26.3 Å². The molecule has 0 aliphatic carbocycles. The van der Waals surface area contributed by atoms with E-state index in [1.807, 2.05) is 0 Å². The SMILES string of the molecule is CC(=O)C(C)(C)S(=O)(=O)N1CCOCC1. The van der Waals surface area contributed by atoms with E-state index in [9.17, 15) is 13.2 Å². The maximum absolute atomic E-state index is 12.1. The van der Waals surface area contributed by atoms with Gasteiger partial charge in [0.1, 0.15) is 4.75 Å². The number of rotatable bonds is 3. The van der Waals surface area contributed by atoms with Gasteiger partial charge in [0.15, 0.2) is 5.78 Å². The number of sulfonamides is 1. The van der Waals surface area contributed by atoms with Crippen molar-refractivity contribution in [1.29, 1.82) is 0 Å². The van der Waals surface area contributed by atoms with Crippen LogP contribution >= 0.6 is 0 Å². The third kappa shape index (κ3) is 2.21. The molecule has 0 amide bonds. The quantitative estimate of drug-likeness (QED) is 0.691. The van der Waals surface area contributed by atoms with Crippen molar-refractivity contribution in [3.63, 3.8) is 0 Å². The Morgan fingerprint density at radius 1 is 1.27 bits per heavy atom. The van der Waals surface area contributed by atoms with E-state index < -0.39 is 14.8 Å². The average molecular weight is 235 g/mol. The van der Waals surface area contributed by atoms with Crippen LogP contribution in [0.4, 0.5) is 0 Å². The van der Waals surface area contributed by atoms with Gasteiger partial charge < -0.3 is 4.74 Å². The Balaban J connectivity index is 2.95. The smallest absolute Gasteiger partial charge is 0.226 e. The number of ketones is 1. The van der Waals surface area contributed by atoms with E-state index in [0.717, 1.165) is 0 Å². The Labute approximate surface area is 90.4 Å². The lowest BCUT2D eigenvalue weighted by molar-refractivity contribution is -0.118. The van der Waals surface area contributed by atoms with Crippen LogP contribution in [0.5, 0.6) is 0 Å². The third-order valence-electron chi connectivity index (χ3n) is 2.80. The lowest BCUT2D eigenvalue weighted by Crippen LogP contribution is -2.52. The third-order valence-corrected chi connectivity index (χ3v) is 5.42. The fourth-order valence-corrected chi connectivity index (χ4v) is 2.93. The van der Waals surface area contributed by atoms with Crippen LogP contribution in [0.25, 0.3) is 0 Å². The van der Waals surface area contributed by atoms with Gasteiger partial charge in [-0.3, -0.25) is 4.79 Å². The van der Waals surface area contributed by atoms with Crippen LogP contribution in [0.1, 0.15) is 20.8 Å². The van der Waals surface area contributed by atoms with Gasteiger partial charge in [0.25, 0.3) is 0 Å². The highest BCUT2D eigenvalue weighted by Gasteiger charge is 2.43. The van der Waals surface area contributed by atoms with Crippen molar-refractivity contribution in [2.75, 3.05) is 26.3 Å². The number of hydrogen-bond donors (Lipinski definition) is 0. The molecule has 0 atom stereocenters. The summed E-state index contributed by atoms with van der Waals surface area (Å²) in [4.78, 5) is 11.3. The van der Waals surface area contributed by atoms with Gasteiger partial charge in [-0.15, -0.1) is 0 Å². The molecule has 88 valence electrons. The maximum atomic E-state index is 12.1. The molecule has 1 heterocycles. The van der Waals surface area contributed by atoms with Crippen LogP contribution in [0.2, 0.25) is 0 Å². The molecule has 0 aromatic heterocycles. The van der Waals surface area contributed by atoms with E-state index in [1.54, 1.807) is 0 Å². The van der Waals surface area contributed by atoms with E-state index in [-0.39, 0.29) is 5.78 Å². The standard InChI is InChI=1S/C9H17NO4S/c1-8(11)9(2,3)15(12,13)10-4-6-14-7-5-10/h4-7H2,1-3H3. The molecule has 1 saturated heterocycles.